The number of ether oxygens (including phenoxy) is 1. The highest BCUT2D eigenvalue weighted by Gasteiger charge is 1.99. The fraction of sp³-hybridized carbons (Fsp3) is 0.111. The van der Waals surface area contributed by atoms with Crippen LogP contribution in [0.15, 0.2) is 34.9 Å². The Balaban J connectivity index is 1.95. The van der Waals surface area contributed by atoms with Crippen molar-refractivity contribution in [3.8, 4) is 5.88 Å². The molecule has 0 aliphatic carbocycles. The van der Waals surface area contributed by atoms with Crippen molar-refractivity contribution in [2.45, 2.75) is 6.61 Å². The largest absolute Gasteiger partial charge is 0.468 e. The van der Waals surface area contributed by atoms with Crippen LogP contribution < -0.4 is 4.74 Å². The van der Waals surface area contributed by atoms with Gasteiger partial charge in [0.2, 0.25) is 5.88 Å². The van der Waals surface area contributed by atoms with Gasteiger partial charge >= 0.3 is 0 Å². The van der Waals surface area contributed by atoms with Gasteiger partial charge in [-0.1, -0.05) is 11.6 Å². The quantitative estimate of drug-likeness (QED) is 0.780. The molecule has 0 radical (unpaired) electrons. The van der Waals surface area contributed by atoms with Crippen LogP contribution >= 0.6 is 11.6 Å². The summed E-state index contributed by atoms with van der Waals surface area (Å²) in [6.45, 7) is 0.337. The third kappa shape index (κ3) is 2.23. The first-order valence-corrected chi connectivity index (χ1v) is 4.37. The second-order valence-corrected chi connectivity index (χ2v) is 2.95. The fourth-order valence-electron chi connectivity index (χ4n) is 0.921. The van der Waals surface area contributed by atoms with Crippen molar-refractivity contribution in [2.75, 3.05) is 0 Å². The zero-order valence-electron chi connectivity index (χ0n) is 7.18. The van der Waals surface area contributed by atoms with Crippen molar-refractivity contribution in [1.29, 1.82) is 0 Å². The first kappa shape index (κ1) is 9.02. The molecule has 72 valence electrons. The Bertz CT molecular complexity index is 386. The lowest BCUT2D eigenvalue weighted by Gasteiger charge is -2.00. The van der Waals surface area contributed by atoms with E-state index in [1.165, 1.54) is 0 Å². The summed E-state index contributed by atoms with van der Waals surface area (Å²) in [5, 5.41) is 7.71. The van der Waals surface area contributed by atoms with Crippen LogP contribution in [-0.2, 0) is 6.61 Å². The second kappa shape index (κ2) is 4.11. The summed E-state index contributed by atoms with van der Waals surface area (Å²) in [4.78, 5) is 0. The molecule has 0 saturated heterocycles. The van der Waals surface area contributed by atoms with Gasteiger partial charge in [-0.15, -0.1) is 10.2 Å². The van der Waals surface area contributed by atoms with Crippen molar-refractivity contribution >= 4 is 11.6 Å². The molecule has 0 saturated carbocycles. The normalized spacial score (nSPS) is 10.1. The minimum Gasteiger partial charge on any atom is -0.468 e. The monoisotopic (exact) mass is 210 g/mol. The standard InChI is InChI=1S/C9H7ClN2O2/c10-8-3-4-9(12-11-8)14-6-7-2-1-5-13-7/h1-5H,6H2. The van der Waals surface area contributed by atoms with Crippen LogP contribution in [0.25, 0.3) is 0 Å². The molecule has 4 nitrogen and oxygen atoms in total. The van der Waals surface area contributed by atoms with Gasteiger partial charge in [0, 0.05) is 6.07 Å². The molecule has 0 aromatic carbocycles. The van der Waals surface area contributed by atoms with Gasteiger partial charge in [0.05, 0.1) is 6.26 Å². The predicted octanol–water partition coefficient (Wildman–Crippen LogP) is 2.30. The molecule has 2 heterocycles. The maximum atomic E-state index is 5.56. The Hall–Kier alpha value is -1.55. The van der Waals surface area contributed by atoms with E-state index in [2.05, 4.69) is 10.2 Å². The molecule has 5 heteroatoms. The molecular weight excluding hydrogens is 204 g/mol. The third-order valence-electron chi connectivity index (χ3n) is 1.55. The molecule has 0 N–H and O–H groups in total. The van der Waals surface area contributed by atoms with E-state index in [9.17, 15) is 0 Å². The van der Waals surface area contributed by atoms with Crippen LogP contribution in [0, 0.1) is 0 Å². The van der Waals surface area contributed by atoms with E-state index < -0.39 is 0 Å². The number of hydrogen-bond donors (Lipinski definition) is 0. The number of furan rings is 1. The molecule has 0 atom stereocenters. The van der Waals surface area contributed by atoms with E-state index in [0.29, 0.717) is 17.6 Å². The van der Waals surface area contributed by atoms with Gasteiger partial charge < -0.3 is 9.15 Å². The zero-order valence-corrected chi connectivity index (χ0v) is 7.94. The minimum atomic E-state index is 0.337. The van der Waals surface area contributed by atoms with Crippen LogP contribution in [0.3, 0.4) is 0 Å². The van der Waals surface area contributed by atoms with Gasteiger partial charge in [-0.25, -0.2) is 0 Å². The summed E-state index contributed by atoms with van der Waals surface area (Å²) >= 11 is 5.56. The Kier molecular flexibility index (Phi) is 2.65. The van der Waals surface area contributed by atoms with E-state index >= 15 is 0 Å². The van der Waals surface area contributed by atoms with Crippen molar-refractivity contribution in [3.63, 3.8) is 0 Å². The molecule has 0 spiro atoms. The van der Waals surface area contributed by atoms with Crippen molar-refractivity contribution < 1.29 is 9.15 Å². The van der Waals surface area contributed by atoms with Crippen LogP contribution in [-0.4, -0.2) is 10.2 Å². The van der Waals surface area contributed by atoms with Gasteiger partial charge in [-0.3, -0.25) is 0 Å². The zero-order chi connectivity index (χ0) is 9.80. The van der Waals surface area contributed by atoms with Crippen LogP contribution in [0.5, 0.6) is 5.88 Å². The van der Waals surface area contributed by atoms with Crippen molar-refractivity contribution in [3.05, 3.63) is 41.4 Å². The summed E-state index contributed by atoms with van der Waals surface area (Å²) < 4.78 is 10.4. The molecule has 0 aliphatic rings. The van der Waals surface area contributed by atoms with Crippen molar-refractivity contribution in [1.82, 2.24) is 10.2 Å². The Morgan fingerprint density at radius 2 is 2.21 bits per heavy atom. The molecule has 0 aliphatic heterocycles. The molecule has 0 amide bonds. The van der Waals surface area contributed by atoms with Gasteiger partial charge in [0.1, 0.15) is 12.4 Å². The number of rotatable bonds is 3. The van der Waals surface area contributed by atoms with E-state index in [0.717, 1.165) is 5.76 Å². The van der Waals surface area contributed by atoms with Gasteiger partial charge in [-0.2, -0.15) is 0 Å². The number of aromatic nitrogens is 2. The average molecular weight is 211 g/mol. The minimum absolute atomic E-state index is 0.337. The van der Waals surface area contributed by atoms with Crippen LogP contribution in [0.2, 0.25) is 5.15 Å². The topological polar surface area (TPSA) is 48.2 Å². The van der Waals surface area contributed by atoms with Gasteiger partial charge in [-0.05, 0) is 18.2 Å². The lowest BCUT2D eigenvalue weighted by atomic mass is 10.5. The van der Waals surface area contributed by atoms with Crippen LogP contribution in [0.1, 0.15) is 5.76 Å². The summed E-state index contributed by atoms with van der Waals surface area (Å²) in [5.41, 5.74) is 0. The SMILES string of the molecule is Clc1ccc(OCc2ccco2)nn1. The molecule has 0 bridgehead atoms. The van der Waals surface area contributed by atoms with Crippen molar-refractivity contribution in [2.24, 2.45) is 0 Å². The Morgan fingerprint density at radius 1 is 1.29 bits per heavy atom. The summed E-state index contributed by atoms with van der Waals surface area (Å²) in [5.74, 6) is 1.16. The van der Waals surface area contributed by atoms with Crippen LogP contribution in [0.4, 0.5) is 0 Å². The maximum Gasteiger partial charge on any atom is 0.233 e. The molecule has 0 unspecified atom stereocenters. The summed E-state index contributed by atoms with van der Waals surface area (Å²) in [6, 6.07) is 6.89. The molecule has 0 fully saturated rings. The average Bonchev–Trinajstić information content (AvgIpc) is 2.70. The summed E-state index contributed by atoms with van der Waals surface area (Å²) in [6.07, 6.45) is 1.59. The van der Waals surface area contributed by atoms with E-state index in [1.807, 2.05) is 6.07 Å². The lowest BCUT2D eigenvalue weighted by Crippen LogP contribution is -1.96. The smallest absolute Gasteiger partial charge is 0.233 e. The predicted molar refractivity (Wildman–Crippen MR) is 50.1 cm³/mol. The number of nitrogens with zero attached hydrogens (tertiary/aromatic N) is 2. The first-order chi connectivity index (χ1) is 6.84. The summed E-state index contributed by atoms with van der Waals surface area (Å²) in [7, 11) is 0. The van der Waals surface area contributed by atoms with E-state index in [4.69, 9.17) is 20.8 Å². The van der Waals surface area contributed by atoms with Gasteiger partial charge in [0.25, 0.3) is 0 Å². The molecular formula is C9H7ClN2O2. The highest BCUT2D eigenvalue weighted by molar-refractivity contribution is 6.29. The number of halogens is 1. The van der Waals surface area contributed by atoms with E-state index in [1.54, 1.807) is 24.5 Å². The Labute approximate surface area is 85.5 Å². The van der Waals surface area contributed by atoms with E-state index in [-0.39, 0.29) is 0 Å². The fourth-order valence-corrected chi connectivity index (χ4v) is 1.02. The number of hydrogen-bond acceptors (Lipinski definition) is 4. The lowest BCUT2D eigenvalue weighted by molar-refractivity contribution is 0.258. The molecule has 2 rings (SSSR count). The highest BCUT2D eigenvalue weighted by Crippen LogP contribution is 2.10. The first-order valence-electron chi connectivity index (χ1n) is 3.99. The Morgan fingerprint density at radius 3 is 2.86 bits per heavy atom. The van der Waals surface area contributed by atoms with Gasteiger partial charge in [0.15, 0.2) is 5.15 Å². The molecule has 14 heavy (non-hydrogen) atoms. The molecule has 2 aromatic rings. The second-order valence-electron chi connectivity index (χ2n) is 2.56. The third-order valence-corrected chi connectivity index (χ3v) is 1.75. The maximum absolute atomic E-state index is 5.56. The highest BCUT2D eigenvalue weighted by atomic mass is 35.5. The molecule has 2 aromatic heterocycles.